The lowest BCUT2D eigenvalue weighted by Crippen LogP contribution is -2.27. The van der Waals surface area contributed by atoms with Gasteiger partial charge < -0.3 is 5.32 Å². The first-order chi connectivity index (χ1) is 14.0. The Bertz CT molecular complexity index is 1170. The highest BCUT2D eigenvalue weighted by Crippen LogP contribution is 2.30. The maximum absolute atomic E-state index is 12.5. The van der Waals surface area contributed by atoms with Crippen LogP contribution in [0.2, 0.25) is 0 Å². The fraction of sp³-hybridized carbons (Fsp3) is 0.273. The molecule has 3 heterocycles. The summed E-state index contributed by atoms with van der Waals surface area (Å²) in [7, 11) is 0. The van der Waals surface area contributed by atoms with Gasteiger partial charge in [0.05, 0.1) is 11.9 Å². The molecule has 0 aliphatic heterocycles. The predicted molar refractivity (Wildman–Crippen MR) is 112 cm³/mol. The number of pyridine rings is 1. The topological polar surface area (TPSA) is 77.6 Å². The Morgan fingerprint density at radius 3 is 2.83 bits per heavy atom. The summed E-state index contributed by atoms with van der Waals surface area (Å²) in [6, 6.07) is 10.4. The molecule has 0 radical (unpaired) electrons. The lowest BCUT2D eigenvalue weighted by atomic mass is 10.0. The van der Waals surface area contributed by atoms with Crippen LogP contribution >= 0.6 is 0 Å². The third kappa shape index (κ3) is 3.89. The van der Waals surface area contributed by atoms with Crippen LogP contribution in [-0.2, 0) is 24.4 Å². The van der Waals surface area contributed by atoms with Crippen LogP contribution in [0.1, 0.15) is 23.7 Å². The molecule has 0 aliphatic rings. The van der Waals surface area contributed by atoms with Crippen LogP contribution in [0.15, 0.2) is 48.9 Å². The standard InChI is InChI=1S/C22H24N6O/c1-4-27-13-17(12-25-27)11-24-20(29)14-28-22-21(16(3)26-28)19(8-9-23-22)18-7-5-6-15(2)10-18/h5-10,12-13H,4,11,14H2,1-3H3,(H,24,29). The van der Waals surface area contributed by atoms with E-state index in [1.54, 1.807) is 17.1 Å². The first-order valence-corrected chi connectivity index (χ1v) is 9.72. The van der Waals surface area contributed by atoms with Crippen molar-refractivity contribution in [3.8, 4) is 11.1 Å². The van der Waals surface area contributed by atoms with Gasteiger partial charge in [-0.3, -0.25) is 9.48 Å². The van der Waals surface area contributed by atoms with Crippen LogP contribution in [-0.4, -0.2) is 30.5 Å². The number of amides is 1. The molecule has 0 unspecified atom stereocenters. The number of aryl methyl sites for hydroxylation is 3. The molecular formula is C22H24N6O. The molecule has 0 fully saturated rings. The average Bonchev–Trinajstić information content (AvgIpc) is 3.31. The van der Waals surface area contributed by atoms with E-state index in [-0.39, 0.29) is 12.5 Å². The quantitative estimate of drug-likeness (QED) is 0.550. The number of hydrogen-bond acceptors (Lipinski definition) is 4. The highest BCUT2D eigenvalue weighted by atomic mass is 16.2. The van der Waals surface area contributed by atoms with E-state index in [2.05, 4.69) is 45.6 Å². The maximum Gasteiger partial charge on any atom is 0.242 e. The largest absolute Gasteiger partial charge is 0.350 e. The normalized spacial score (nSPS) is 11.1. The van der Waals surface area contributed by atoms with Gasteiger partial charge in [-0.25, -0.2) is 9.67 Å². The monoisotopic (exact) mass is 388 g/mol. The predicted octanol–water partition coefficient (Wildman–Crippen LogP) is 3.25. The van der Waals surface area contributed by atoms with Crippen molar-refractivity contribution in [3.63, 3.8) is 0 Å². The van der Waals surface area contributed by atoms with E-state index < -0.39 is 0 Å². The van der Waals surface area contributed by atoms with Gasteiger partial charge in [0.25, 0.3) is 0 Å². The third-order valence-corrected chi connectivity index (χ3v) is 4.93. The number of rotatable bonds is 6. The molecule has 7 heteroatoms. The summed E-state index contributed by atoms with van der Waals surface area (Å²) in [6.07, 6.45) is 5.48. The highest BCUT2D eigenvalue weighted by Gasteiger charge is 2.16. The van der Waals surface area contributed by atoms with E-state index in [0.29, 0.717) is 6.54 Å². The molecule has 1 N–H and O–H groups in total. The Hall–Kier alpha value is -3.48. The Balaban J connectivity index is 1.57. The molecule has 0 aliphatic carbocycles. The zero-order valence-corrected chi connectivity index (χ0v) is 16.9. The lowest BCUT2D eigenvalue weighted by molar-refractivity contribution is -0.121. The van der Waals surface area contributed by atoms with E-state index in [9.17, 15) is 4.79 Å². The van der Waals surface area contributed by atoms with Crippen LogP contribution in [0.3, 0.4) is 0 Å². The van der Waals surface area contributed by atoms with Gasteiger partial charge in [0.15, 0.2) is 5.65 Å². The van der Waals surface area contributed by atoms with Crippen molar-refractivity contribution in [2.75, 3.05) is 0 Å². The molecule has 148 valence electrons. The second-order valence-corrected chi connectivity index (χ2v) is 7.15. The number of hydrogen-bond donors (Lipinski definition) is 1. The number of carbonyl (C=O) groups excluding carboxylic acids is 1. The number of nitrogens with zero attached hydrogens (tertiary/aromatic N) is 5. The van der Waals surface area contributed by atoms with E-state index in [1.165, 1.54) is 5.56 Å². The van der Waals surface area contributed by atoms with Gasteiger partial charge in [-0.1, -0.05) is 29.8 Å². The fourth-order valence-electron chi connectivity index (χ4n) is 3.51. The molecule has 1 amide bonds. The Morgan fingerprint density at radius 1 is 1.21 bits per heavy atom. The highest BCUT2D eigenvalue weighted by molar-refractivity contribution is 5.95. The second kappa shape index (κ2) is 7.87. The van der Waals surface area contributed by atoms with Crippen LogP contribution < -0.4 is 5.32 Å². The fourth-order valence-corrected chi connectivity index (χ4v) is 3.51. The molecule has 4 rings (SSSR count). The summed E-state index contributed by atoms with van der Waals surface area (Å²) >= 11 is 0. The van der Waals surface area contributed by atoms with E-state index in [0.717, 1.165) is 40.0 Å². The van der Waals surface area contributed by atoms with Crippen molar-refractivity contribution in [3.05, 3.63) is 65.7 Å². The summed E-state index contributed by atoms with van der Waals surface area (Å²) < 4.78 is 3.51. The minimum atomic E-state index is -0.110. The Labute approximate surface area is 169 Å². The Kier molecular flexibility index (Phi) is 5.12. The number of nitrogens with one attached hydrogen (secondary N) is 1. The summed E-state index contributed by atoms with van der Waals surface area (Å²) in [6.45, 7) is 7.43. The summed E-state index contributed by atoms with van der Waals surface area (Å²) in [5.41, 5.74) is 5.95. The number of aromatic nitrogens is 5. The van der Waals surface area contributed by atoms with E-state index in [1.807, 2.05) is 36.9 Å². The van der Waals surface area contributed by atoms with Crippen LogP contribution in [0.25, 0.3) is 22.2 Å². The maximum atomic E-state index is 12.5. The van der Waals surface area contributed by atoms with Gasteiger partial charge in [-0.05, 0) is 38.0 Å². The molecule has 7 nitrogen and oxygen atoms in total. The SMILES string of the molecule is CCn1cc(CNC(=O)Cn2nc(C)c3c(-c4cccc(C)c4)ccnc32)cn1. The van der Waals surface area contributed by atoms with Gasteiger partial charge in [-0.15, -0.1) is 0 Å². The molecule has 0 saturated carbocycles. The summed E-state index contributed by atoms with van der Waals surface area (Å²) in [5, 5.41) is 12.7. The van der Waals surface area contributed by atoms with Crippen molar-refractivity contribution >= 4 is 16.9 Å². The first-order valence-electron chi connectivity index (χ1n) is 9.72. The van der Waals surface area contributed by atoms with Gasteiger partial charge in [0, 0.05) is 36.4 Å². The molecule has 0 spiro atoms. The van der Waals surface area contributed by atoms with E-state index >= 15 is 0 Å². The average molecular weight is 388 g/mol. The van der Waals surface area contributed by atoms with Gasteiger partial charge >= 0.3 is 0 Å². The van der Waals surface area contributed by atoms with Crippen molar-refractivity contribution in [1.29, 1.82) is 0 Å². The number of fused-ring (bicyclic) bond motifs is 1. The van der Waals surface area contributed by atoms with Crippen LogP contribution in [0.4, 0.5) is 0 Å². The minimum absolute atomic E-state index is 0.110. The van der Waals surface area contributed by atoms with Crippen LogP contribution in [0, 0.1) is 13.8 Å². The molecule has 1 aromatic carbocycles. The zero-order chi connectivity index (χ0) is 20.4. The van der Waals surface area contributed by atoms with Gasteiger partial charge in [0.1, 0.15) is 6.54 Å². The molecule has 29 heavy (non-hydrogen) atoms. The molecule has 0 bridgehead atoms. The third-order valence-electron chi connectivity index (χ3n) is 4.93. The smallest absolute Gasteiger partial charge is 0.242 e. The Morgan fingerprint density at radius 2 is 2.07 bits per heavy atom. The van der Waals surface area contributed by atoms with Crippen molar-refractivity contribution in [1.82, 2.24) is 29.9 Å². The lowest BCUT2D eigenvalue weighted by Gasteiger charge is -2.07. The zero-order valence-electron chi connectivity index (χ0n) is 16.9. The molecule has 4 aromatic rings. The second-order valence-electron chi connectivity index (χ2n) is 7.15. The number of benzene rings is 1. The van der Waals surface area contributed by atoms with Crippen molar-refractivity contribution in [2.45, 2.75) is 40.4 Å². The van der Waals surface area contributed by atoms with Gasteiger partial charge in [-0.2, -0.15) is 10.2 Å². The summed E-state index contributed by atoms with van der Waals surface area (Å²) in [5.74, 6) is -0.110. The van der Waals surface area contributed by atoms with Crippen LogP contribution in [0.5, 0.6) is 0 Å². The molecule has 0 saturated heterocycles. The minimum Gasteiger partial charge on any atom is -0.350 e. The van der Waals surface area contributed by atoms with Crippen molar-refractivity contribution in [2.24, 2.45) is 0 Å². The first kappa shape index (κ1) is 18.9. The molecule has 0 atom stereocenters. The summed E-state index contributed by atoms with van der Waals surface area (Å²) in [4.78, 5) is 17.0. The number of carbonyl (C=O) groups is 1. The molecular weight excluding hydrogens is 364 g/mol. The van der Waals surface area contributed by atoms with Gasteiger partial charge in [0.2, 0.25) is 5.91 Å². The molecule has 3 aromatic heterocycles. The van der Waals surface area contributed by atoms with Crippen molar-refractivity contribution < 1.29 is 4.79 Å². The van der Waals surface area contributed by atoms with E-state index in [4.69, 9.17) is 0 Å².